The van der Waals surface area contributed by atoms with Gasteiger partial charge in [-0.1, -0.05) is 24.6 Å². The van der Waals surface area contributed by atoms with Crippen LogP contribution in [-0.4, -0.2) is 24.2 Å². The molecule has 1 N–H and O–H groups in total. The van der Waals surface area contributed by atoms with Gasteiger partial charge in [0.2, 0.25) is 0 Å². The van der Waals surface area contributed by atoms with E-state index < -0.39 is 28.9 Å². The summed E-state index contributed by atoms with van der Waals surface area (Å²) in [7, 11) is 1.24. The molecule has 0 saturated carbocycles. The van der Waals surface area contributed by atoms with Crippen molar-refractivity contribution in [2.75, 3.05) is 7.11 Å². The molecule has 1 heterocycles. The van der Waals surface area contributed by atoms with Crippen LogP contribution >= 0.6 is 0 Å². The molecule has 0 aromatic carbocycles. The van der Waals surface area contributed by atoms with Gasteiger partial charge in [0.25, 0.3) is 0 Å². The standard InChI is InChI=1S/C20H26O6/c1-6-20(4,11-7-8-13(2)3)17(19(23)24)18-14(12-16(22)25-5)9-10-15(21)26-18/h6,8-10,17H,1,7,11-12H2,2-5H3,(H,23,24)/t17-,20?/m0/s1. The van der Waals surface area contributed by atoms with E-state index in [4.69, 9.17) is 4.42 Å². The third-order valence-electron chi connectivity index (χ3n) is 4.38. The van der Waals surface area contributed by atoms with Crippen LogP contribution in [0.5, 0.6) is 0 Å². The molecule has 1 rings (SSSR count). The quantitative estimate of drug-likeness (QED) is 0.534. The monoisotopic (exact) mass is 362 g/mol. The Bertz CT molecular complexity index is 754. The Morgan fingerprint density at radius 3 is 2.54 bits per heavy atom. The minimum atomic E-state index is -1.15. The molecule has 142 valence electrons. The maximum atomic E-state index is 12.1. The topological polar surface area (TPSA) is 93.8 Å². The maximum absolute atomic E-state index is 12.1. The first-order valence-electron chi connectivity index (χ1n) is 8.34. The smallest absolute Gasteiger partial charge is 0.335 e. The van der Waals surface area contributed by atoms with Crippen LogP contribution in [0.2, 0.25) is 0 Å². The molecule has 1 aromatic heterocycles. The molecular weight excluding hydrogens is 336 g/mol. The Kier molecular flexibility index (Phi) is 7.56. The van der Waals surface area contributed by atoms with Crippen molar-refractivity contribution in [3.8, 4) is 0 Å². The third kappa shape index (κ3) is 5.44. The van der Waals surface area contributed by atoms with E-state index in [2.05, 4.69) is 11.3 Å². The highest BCUT2D eigenvalue weighted by Crippen LogP contribution is 2.42. The number of carbonyl (C=O) groups excluding carboxylic acids is 1. The van der Waals surface area contributed by atoms with Crippen molar-refractivity contribution in [3.63, 3.8) is 0 Å². The lowest BCUT2D eigenvalue weighted by Gasteiger charge is -2.32. The minimum Gasteiger partial charge on any atom is -0.481 e. The number of carbonyl (C=O) groups is 2. The van der Waals surface area contributed by atoms with Gasteiger partial charge >= 0.3 is 17.6 Å². The van der Waals surface area contributed by atoms with Gasteiger partial charge in [0.15, 0.2) is 0 Å². The molecule has 0 fully saturated rings. The number of hydrogen-bond donors (Lipinski definition) is 1. The van der Waals surface area contributed by atoms with E-state index >= 15 is 0 Å². The summed E-state index contributed by atoms with van der Waals surface area (Å²) in [5.74, 6) is -2.88. The second kappa shape index (κ2) is 9.17. The zero-order valence-electron chi connectivity index (χ0n) is 15.7. The molecule has 2 atom stereocenters. The van der Waals surface area contributed by atoms with E-state index in [0.717, 1.165) is 11.6 Å². The van der Waals surface area contributed by atoms with E-state index in [1.165, 1.54) is 13.2 Å². The summed E-state index contributed by atoms with van der Waals surface area (Å²) in [5.41, 5.74) is -0.101. The first-order valence-corrected chi connectivity index (χ1v) is 8.34. The number of carboxylic acids is 1. The Balaban J connectivity index is 3.43. The van der Waals surface area contributed by atoms with Crippen molar-refractivity contribution < 1.29 is 23.8 Å². The second-order valence-corrected chi connectivity index (χ2v) is 6.70. The summed E-state index contributed by atoms with van der Waals surface area (Å²) < 4.78 is 9.89. The van der Waals surface area contributed by atoms with Crippen molar-refractivity contribution >= 4 is 11.9 Å². The van der Waals surface area contributed by atoms with Crippen LogP contribution in [0.4, 0.5) is 0 Å². The zero-order chi connectivity index (χ0) is 19.9. The van der Waals surface area contributed by atoms with Gasteiger partial charge < -0.3 is 14.3 Å². The molecule has 0 saturated heterocycles. The van der Waals surface area contributed by atoms with Gasteiger partial charge in [-0.25, -0.2) is 4.79 Å². The van der Waals surface area contributed by atoms with E-state index in [9.17, 15) is 19.5 Å². The van der Waals surface area contributed by atoms with Crippen LogP contribution in [0.1, 0.15) is 50.9 Å². The van der Waals surface area contributed by atoms with Crippen molar-refractivity contribution in [1.82, 2.24) is 0 Å². The highest BCUT2D eigenvalue weighted by molar-refractivity contribution is 5.79. The molecule has 0 spiro atoms. The van der Waals surface area contributed by atoms with Gasteiger partial charge in [0.1, 0.15) is 11.7 Å². The summed E-state index contributed by atoms with van der Waals surface area (Å²) in [5, 5.41) is 9.87. The van der Waals surface area contributed by atoms with Crippen molar-refractivity contribution in [2.24, 2.45) is 5.41 Å². The molecule has 0 aliphatic carbocycles. The van der Waals surface area contributed by atoms with E-state index in [-0.39, 0.29) is 12.2 Å². The predicted molar refractivity (Wildman–Crippen MR) is 98.0 cm³/mol. The summed E-state index contributed by atoms with van der Waals surface area (Å²) in [6.45, 7) is 9.48. The fourth-order valence-electron chi connectivity index (χ4n) is 2.81. The molecule has 26 heavy (non-hydrogen) atoms. The first kappa shape index (κ1) is 21.4. The lowest BCUT2D eigenvalue weighted by molar-refractivity contribution is -0.143. The predicted octanol–water partition coefficient (Wildman–Crippen LogP) is 3.46. The third-order valence-corrected chi connectivity index (χ3v) is 4.38. The Morgan fingerprint density at radius 1 is 1.38 bits per heavy atom. The largest absolute Gasteiger partial charge is 0.481 e. The fraction of sp³-hybridized carbons (Fsp3) is 0.450. The van der Waals surface area contributed by atoms with Crippen LogP contribution in [0.3, 0.4) is 0 Å². The Morgan fingerprint density at radius 2 is 2.04 bits per heavy atom. The van der Waals surface area contributed by atoms with Crippen LogP contribution in [0.25, 0.3) is 0 Å². The number of rotatable bonds is 9. The van der Waals surface area contributed by atoms with Gasteiger partial charge in [-0.05, 0) is 32.8 Å². The molecule has 6 nitrogen and oxygen atoms in total. The highest BCUT2D eigenvalue weighted by Gasteiger charge is 2.41. The fourth-order valence-corrected chi connectivity index (χ4v) is 2.81. The average Bonchev–Trinajstić information content (AvgIpc) is 2.56. The molecule has 0 aliphatic heterocycles. The van der Waals surface area contributed by atoms with E-state index in [1.807, 2.05) is 19.9 Å². The van der Waals surface area contributed by atoms with E-state index in [1.54, 1.807) is 13.0 Å². The molecule has 0 aliphatic rings. The summed E-state index contributed by atoms with van der Waals surface area (Å²) in [6.07, 6.45) is 4.55. The number of aliphatic carboxylic acids is 1. The van der Waals surface area contributed by atoms with Crippen LogP contribution in [0.15, 0.2) is 45.6 Å². The molecule has 1 aromatic rings. The molecule has 0 amide bonds. The number of carboxylic acid groups (broad SMARTS) is 1. The highest BCUT2D eigenvalue weighted by atomic mass is 16.5. The van der Waals surface area contributed by atoms with Gasteiger partial charge in [-0.2, -0.15) is 0 Å². The Labute approximate surface area is 153 Å². The molecule has 6 heteroatoms. The van der Waals surface area contributed by atoms with Gasteiger partial charge in [-0.15, -0.1) is 6.58 Å². The lowest BCUT2D eigenvalue weighted by atomic mass is 9.71. The van der Waals surface area contributed by atoms with E-state index in [0.29, 0.717) is 18.4 Å². The number of ether oxygens (including phenoxy) is 1. The minimum absolute atomic E-state index is 0.0324. The van der Waals surface area contributed by atoms with Gasteiger partial charge in [-0.3, -0.25) is 9.59 Å². The Hall–Kier alpha value is -2.63. The van der Waals surface area contributed by atoms with Crippen LogP contribution in [0, 0.1) is 5.41 Å². The van der Waals surface area contributed by atoms with Crippen molar-refractivity contribution in [2.45, 2.75) is 46.0 Å². The normalized spacial score (nSPS) is 14.0. The number of methoxy groups -OCH3 is 1. The molecular formula is C20H26O6. The van der Waals surface area contributed by atoms with Crippen LogP contribution in [-0.2, 0) is 20.7 Å². The summed E-state index contributed by atoms with van der Waals surface area (Å²) in [6, 6.07) is 2.57. The molecule has 0 bridgehead atoms. The number of allylic oxidation sites excluding steroid dienone is 3. The van der Waals surface area contributed by atoms with Crippen molar-refractivity contribution in [3.05, 3.63) is 58.2 Å². The number of esters is 1. The molecule has 1 unspecified atom stereocenters. The lowest BCUT2D eigenvalue weighted by Crippen LogP contribution is -2.32. The van der Waals surface area contributed by atoms with Gasteiger partial charge in [0.05, 0.1) is 13.5 Å². The van der Waals surface area contributed by atoms with Crippen molar-refractivity contribution in [1.29, 1.82) is 0 Å². The van der Waals surface area contributed by atoms with Crippen LogP contribution < -0.4 is 5.63 Å². The number of hydrogen-bond acceptors (Lipinski definition) is 5. The summed E-state index contributed by atoms with van der Waals surface area (Å²) in [4.78, 5) is 35.5. The summed E-state index contributed by atoms with van der Waals surface area (Å²) >= 11 is 0. The first-order chi connectivity index (χ1) is 12.1. The molecule has 0 radical (unpaired) electrons. The zero-order valence-corrected chi connectivity index (χ0v) is 15.7. The SMILES string of the molecule is C=CC(C)(CCC=C(C)C)[C@H](C(=O)O)c1oc(=O)ccc1CC(=O)OC. The van der Waals surface area contributed by atoms with Gasteiger partial charge in [0, 0.05) is 17.0 Å². The average molecular weight is 362 g/mol. The second-order valence-electron chi connectivity index (χ2n) is 6.70. The maximum Gasteiger partial charge on any atom is 0.335 e.